The standard InChI is InChI=1S/C19H17BrFNO/c1-23-18-8-5-11(20)9-16(18)19-14-4-2-3-13(14)15-10-12(21)6-7-17(15)22-19/h2-3,5-10,13-14,19,22H,4H2,1H3/t13-,14-,19+/m0/s1. The molecule has 0 unspecified atom stereocenters. The maximum Gasteiger partial charge on any atom is 0.124 e. The average molecular weight is 374 g/mol. The largest absolute Gasteiger partial charge is 0.496 e. The molecule has 1 aliphatic carbocycles. The van der Waals surface area contributed by atoms with E-state index in [0.29, 0.717) is 5.92 Å². The Morgan fingerprint density at radius 1 is 1.17 bits per heavy atom. The van der Waals surface area contributed by atoms with Crippen LogP contribution in [0.5, 0.6) is 5.75 Å². The summed E-state index contributed by atoms with van der Waals surface area (Å²) in [5.41, 5.74) is 3.19. The van der Waals surface area contributed by atoms with Gasteiger partial charge in [0.15, 0.2) is 0 Å². The zero-order chi connectivity index (χ0) is 16.0. The van der Waals surface area contributed by atoms with Crippen LogP contribution in [0.4, 0.5) is 10.1 Å². The van der Waals surface area contributed by atoms with Gasteiger partial charge in [-0.25, -0.2) is 4.39 Å². The van der Waals surface area contributed by atoms with E-state index >= 15 is 0 Å². The molecule has 4 rings (SSSR count). The van der Waals surface area contributed by atoms with Gasteiger partial charge in [0.25, 0.3) is 0 Å². The molecule has 23 heavy (non-hydrogen) atoms. The van der Waals surface area contributed by atoms with Crippen LogP contribution in [0.25, 0.3) is 0 Å². The predicted molar refractivity (Wildman–Crippen MR) is 93.4 cm³/mol. The third kappa shape index (κ3) is 2.45. The minimum atomic E-state index is -0.178. The van der Waals surface area contributed by atoms with Crippen LogP contribution in [0.1, 0.15) is 29.5 Å². The van der Waals surface area contributed by atoms with Gasteiger partial charge in [0.05, 0.1) is 13.2 Å². The van der Waals surface area contributed by atoms with E-state index in [0.717, 1.165) is 33.5 Å². The molecule has 1 N–H and O–H groups in total. The summed E-state index contributed by atoms with van der Waals surface area (Å²) in [5.74, 6) is 1.31. The second-order valence-corrected chi connectivity index (χ2v) is 7.01. The van der Waals surface area contributed by atoms with Crippen molar-refractivity contribution < 1.29 is 9.13 Å². The molecule has 3 atom stereocenters. The molecule has 0 radical (unpaired) electrons. The lowest BCUT2D eigenvalue weighted by atomic mass is 9.77. The van der Waals surface area contributed by atoms with E-state index in [2.05, 4.69) is 39.5 Å². The smallest absolute Gasteiger partial charge is 0.124 e. The molecule has 0 aromatic heterocycles. The Morgan fingerprint density at radius 2 is 2.04 bits per heavy atom. The summed E-state index contributed by atoms with van der Waals surface area (Å²) in [6.07, 6.45) is 5.39. The van der Waals surface area contributed by atoms with Gasteiger partial charge in [0.1, 0.15) is 11.6 Å². The number of allylic oxidation sites excluding steroid dienone is 2. The van der Waals surface area contributed by atoms with Crippen molar-refractivity contribution in [3.8, 4) is 5.75 Å². The summed E-state index contributed by atoms with van der Waals surface area (Å²) in [6, 6.07) is 11.2. The van der Waals surface area contributed by atoms with E-state index in [4.69, 9.17) is 4.74 Å². The number of rotatable bonds is 2. The van der Waals surface area contributed by atoms with Gasteiger partial charge in [0.2, 0.25) is 0 Å². The molecule has 0 bridgehead atoms. The first kappa shape index (κ1) is 14.8. The lowest BCUT2D eigenvalue weighted by Gasteiger charge is -2.38. The highest BCUT2D eigenvalue weighted by Crippen LogP contribution is 2.51. The number of nitrogens with one attached hydrogen (secondary N) is 1. The Labute approximate surface area is 143 Å². The SMILES string of the molecule is COc1ccc(Br)cc1[C@@H]1Nc2ccc(F)cc2[C@H]2C=CC[C@@H]21. The molecule has 0 saturated heterocycles. The molecule has 0 spiro atoms. The number of ether oxygens (including phenoxy) is 1. The Morgan fingerprint density at radius 3 is 2.87 bits per heavy atom. The first-order valence-electron chi connectivity index (χ1n) is 7.73. The maximum absolute atomic E-state index is 13.7. The van der Waals surface area contributed by atoms with Gasteiger partial charge in [-0.15, -0.1) is 0 Å². The van der Waals surface area contributed by atoms with Crippen molar-refractivity contribution in [1.29, 1.82) is 0 Å². The minimum Gasteiger partial charge on any atom is -0.496 e. The first-order chi connectivity index (χ1) is 11.2. The Balaban J connectivity index is 1.82. The van der Waals surface area contributed by atoms with E-state index in [1.54, 1.807) is 13.2 Å². The van der Waals surface area contributed by atoms with Crippen LogP contribution in [0.2, 0.25) is 0 Å². The molecular weight excluding hydrogens is 357 g/mol. The minimum absolute atomic E-state index is 0.139. The van der Waals surface area contributed by atoms with Crippen LogP contribution >= 0.6 is 15.9 Å². The van der Waals surface area contributed by atoms with Gasteiger partial charge in [-0.2, -0.15) is 0 Å². The number of benzene rings is 2. The maximum atomic E-state index is 13.7. The average Bonchev–Trinajstić information content (AvgIpc) is 3.04. The Kier molecular flexibility index (Phi) is 3.64. The number of hydrogen-bond acceptors (Lipinski definition) is 2. The third-order valence-electron chi connectivity index (χ3n) is 4.85. The first-order valence-corrected chi connectivity index (χ1v) is 8.53. The molecule has 118 valence electrons. The normalized spacial score (nSPS) is 24.7. The van der Waals surface area contributed by atoms with Crippen LogP contribution in [0.3, 0.4) is 0 Å². The van der Waals surface area contributed by atoms with Crippen molar-refractivity contribution in [1.82, 2.24) is 0 Å². The molecule has 1 aliphatic heterocycles. The number of fused-ring (bicyclic) bond motifs is 3. The summed E-state index contributed by atoms with van der Waals surface area (Å²) in [7, 11) is 1.70. The third-order valence-corrected chi connectivity index (χ3v) is 5.34. The number of anilines is 1. The highest BCUT2D eigenvalue weighted by atomic mass is 79.9. The van der Waals surface area contributed by atoms with Crippen LogP contribution in [-0.2, 0) is 0 Å². The van der Waals surface area contributed by atoms with Gasteiger partial charge in [0, 0.05) is 21.6 Å². The van der Waals surface area contributed by atoms with Gasteiger partial charge < -0.3 is 10.1 Å². The van der Waals surface area contributed by atoms with Crippen LogP contribution in [0.15, 0.2) is 53.0 Å². The summed E-state index contributed by atoms with van der Waals surface area (Å²) >= 11 is 3.56. The highest BCUT2D eigenvalue weighted by molar-refractivity contribution is 9.10. The monoisotopic (exact) mass is 373 g/mol. The fraction of sp³-hybridized carbons (Fsp3) is 0.263. The van der Waals surface area contributed by atoms with Gasteiger partial charge in [-0.3, -0.25) is 0 Å². The van der Waals surface area contributed by atoms with E-state index in [1.807, 2.05) is 18.2 Å². The van der Waals surface area contributed by atoms with Crippen molar-refractivity contribution in [2.45, 2.75) is 18.4 Å². The second-order valence-electron chi connectivity index (χ2n) is 6.09. The zero-order valence-electron chi connectivity index (χ0n) is 12.7. The van der Waals surface area contributed by atoms with E-state index in [9.17, 15) is 4.39 Å². The van der Waals surface area contributed by atoms with Crippen LogP contribution in [-0.4, -0.2) is 7.11 Å². The Hall–Kier alpha value is -1.81. The molecule has 2 aromatic carbocycles. The van der Waals surface area contributed by atoms with Gasteiger partial charge >= 0.3 is 0 Å². The molecule has 0 fully saturated rings. The molecule has 0 saturated carbocycles. The van der Waals surface area contributed by atoms with E-state index in [-0.39, 0.29) is 17.8 Å². The van der Waals surface area contributed by atoms with Crippen molar-refractivity contribution >= 4 is 21.6 Å². The van der Waals surface area contributed by atoms with Gasteiger partial charge in [-0.1, -0.05) is 28.1 Å². The quantitative estimate of drug-likeness (QED) is 0.709. The summed E-state index contributed by atoms with van der Waals surface area (Å²) in [6.45, 7) is 0. The summed E-state index contributed by atoms with van der Waals surface area (Å²) in [5, 5.41) is 3.61. The van der Waals surface area contributed by atoms with Crippen molar-refractivity contribution in [2.24, 2.45) is 5.92 Å². The molecular formula is C19H17BrFNO. The second kappa shape index (κ2) is 5.68. The molecule has 2 nitrogen and oxygen atoms in total. The molecule has 2 aromatic rings. The topological polar surface area (TPSA) is 21.3 Å². The highest BCUT2D eigenvalue weighted by Gasteiger charge is 2.39. The predicted octanol–water partition coefficient (Wildman–Crippen LogP) is 5.42. The van der Waals surface area contributed by atoms with E-state index < -0.39 is 0 Å². The van der Waals surface area contributed by atoms with E-state index in [1.165, 1.54) is 6.07 Å². The zero-order valence-corrected chi connectivity index (χ0v) is 14.3. The van der Waals surface area contributed by atoms with Crippen LogP contribution in [0, 0.1) is 11.7 Å². The van der Waals surface area contributed by atoms with Crippen molar-refractivity contribution in [2.75, 3.05) is 12.4 Å². The number of methoxy groups -OCH3 is 1. The molecule has 0 amide bonds. The van der Waals surface area contributed by atoms with Crippen LogP contribution < -0.4 is 10.1 Å². The fourth-order valence-electron chi connectivity index (χ4n) is 3.82. The van der Waals surface area contributed by atoms with Gasteiger partial charge in [-0.05, 0) is 54.3 Å². The fourth-order valence-corrected chi connectivity index (χ4v) is 4.20. The lowest BCUT2D eigenvalue weighted by molar-refractivity contribution is 0.380. The van der Waals surface area contributed by atoms with Crippen molar-refractivity contribution in [3.63, 3.8) is 0 Å². The number of halogens is 2. The number of hydrogen-bond donors (Lipinski definition) is 1. The molecule has 2 aliphatic rings. The summed E-state index contributed by atoms with van der Waals surface area (Å²) < 4.78 is 20.3. The summed E-state index contributed by atoms with van der Waals surface area (Å²) in [4.78, 5) is 0. The molecule has 4 heteroatoms. The van der Waals surface area contributed by atoms with Crippen molar-refractivity contribution in [3.05, 3.63) is 70.0 Å². The molecule has 1 heterocycles. The lowest BCUT2D eigenvalue weighted by Crippen LogP contribution is -2.29. The Bertz CT molecular complexity index is 789.